The summed E-state index contributed by atoms with van der Waals surface area (Å²) in [6.07, 6.45) is 3.70. The van der Waals surface area contributed by atoms with Crippen LogP contribution in [0.4, 0.5) is 0 Å². The highest BCUT2D eigenvalue weighted by atomic mass is 28.4. The Labute approximate surface area is 87.2 Å². The summed E-state index contributed by atoms with van der Waals surface area (Å²) in [4.78, 5) is 0. The van der Waals surface area contributed by atoms with E-state index in [4.69, 9.17) is 4.43 Å². The summed E-state index contributed by atoms with van der Waals surface area (Å²) in [5, 5.41) is 4.34. The Morgan fingerprint density at radius 2 is 1.93 bits per heavy atom. The van der Waals surface area contributed by atoms with Gasteiger partial charge in [-0.3, -0.25) is 4.68 Å². The van der Waals surface area contributed by atoms with Crippen molar-refractivity contribution >= 4 is 8.32 Å². The standard InChI is InChI=1S/C10H20N2OSi/c1-10(2,3)14(5,6)13-9-7-11-12(4)8-9/h7-8H,1-6H3. The Hall–Kier alpha value is -0.773. The molecule has 0 atom stereocenters. The lowest BCUT2D eigenvalue weighted by Crippen LogP contribution is -2.43. The van der Waals surface area contributed by atoms with E-state index in [2.05, 4.69) is 39.0 Å². The van der Waals surface area contributed by atoms with Crippen LogP contribution >= 0.6 is 0 Å². The largest absolute Gasteiger partial charge is 0.541 e. The molecular formula is C10H20N2OSi. The van der Waals surface area contributed by atoms with E-state index in [1.807, 2.05) is 13.2 Å². The molecule has 0 aromatic carbocycles. The van der Waals surface area contributed by atoms with Crippen LogP contribution in [-0.2, 0) is 7.05 Å². The average molecular weight is 212 g/mol. The molecule has 1 aromatic rings. The highest BCUT2D eigenvalue weighted by molar-refractivity contribution is 6.74. The van der Waals surface area contributed by atoms with Crippen LogP contribution in [0.1, 0.15) is 20.8 Å². The van der Waals surface area contributed by atoms with Gasteiger partial charge in [0.05, 0.1) is 12.4 Å². The van der Waals surface area contributed by atoms with Crippen LogP contribution in [-0.4, -0.2) is 18.1 Å². The third kappa shape index (κ3) is 2.38. The molecule has 0 aliphatic heterocycles. The number of rotatable bonds is 2. The van der Waals surface area contributed by atoms with Crippen LogP contribution in [0.2, 0.25) is 18.1 Å². The van der Waals surface area contributed by atoms with Gasteiger partial charge in [0.15, 0.2) is 0 Å². The Morgan fingerprint density at radius 3 is 2.29 bits per heavy atom. The fourth-order valence-electron chi connectivity index (χ4n) is 0.899. The summed E-state index contributed by atoms with van der Waals surface area (Å²) in [6.45, 7) is 11.2. The van der Waals surface area contributed by atoms with Gasteiger partial charge in [-0.2, -0.15) is 5.10 Å². The van der Waals surface area contributed by atoms with E-state index in [-0.39, 0.29) is 5.04 Å². The first-order chi connectivity index (χ1) is 6.22. The first kappa shape index (κ1) is 11.3. The molecule has 0 radical (unpaired) electrons. The van der Waals surface area contributed by atoms with Gasteiger partial charge in [-0.1, -0.05) is 20.8 Å². The summed E-state index contributed by atoms with van der Waals surface area (Å²) in [6, 6.07) is 0. The highest BCUT2D eigenvalue weighted by Crippen LogP contribution is 2.37. The Bertz CT molecular complexity index is 312. The highest BCUT2D eigenvalue weighted by Gasteiger charge is 2.39. The van der Waals surface area contributed by atoms with Gasteiger partial charge in [-0.25, -0.2) is 0 Å². The van der Waals surface area contributed by atoms with Crippen LogP contribution in [0.3, 0.4) is 0 Å². The van der Waals surface area contributed by atoms with E-state index >= 15 is 0 Å². The molecule has 0 amide bonds. The summed E-state index contributed by atoms with van der Waals surface area (Å²) >= 11 is 0. The number of hydrogen-bond donors (Lipinski definition) is 0. The summed E-state index contributed by atoms with van der Waals surface area (Å²) in [5.74, 6) is 0.888. The molecule has 0 bridgehead atoms. The number of nitrogens with zero attached hydrogens (tertiary/aromatic N) is 2. The van der Waals surface area contributed by atoms with Crippen molar-refractivity contribution in [3.05, 3.63) is 12.4 Å². The van der Waals surface area contributed by atoms with Gasteiger partial charge in [0.2, 0.25) is 0 Å². The fraction of sp³-hybridized carbons (Fsp3) is 0.700. The SMILES string of the molecule is Cn1cc(O[Si](C)(C)C(C)(C)C)cn1. The minimum Gasteiger partial charge on any atom is -0.541 e. The molecule has 4 heteroatoms. The predicted molar refractivity (Wildman–Crippen MR) is 61.0 cm³/mol. The molecule has 0 N–H and O–H groups in total. The second-order valence-corrected chi connectivity index (χ2v) is 9.94. The van der Waals surface area contributed by atoms with E-state index in [1.165, 1.54) is 0 Å². The second kappa shape index (κ2) is 3.42. The van der Waals surface area contributed by atoms with Crippen molar-refractivity contribution in [3.8, 4) is 5.75 Å². The lowest BCUT2D eigenvalue weighted by Gasteiger charge is -2.35. The van der Waals surface area contributed by atoms with Crippen LogP contribution < -0.4 is 4.43 Å². The monoisotopic (exact) mass is 212 g/mol. The fourth-order valence-corrected chi connectivity index (χ4v) is 1.90. The van der Waals surface area contributed by atoms with Gasteiger partial charge in [0.1, 0.15) is 5.75 Å². The van der Waals surface area contributed by atoms with Gasteiger partial charge >= 0.3 is 0 Å². The molecule has 0 aliphatic rings. The van der Waals surface area contributed by atoms with Crippen molar-refractivity contribution < 1.29 is 4.43 Å². The minimum atomic E-state index is -1.69. The average Bonchev–Trinajstić information content (AvgIpc) is 2.31. The third-order valence-corrected chi connectivity index (χ3v) is 7.22. The van der Waals surface area contributed by atoms with Crippen LogP contribution in [0, 0.1) is 0 Å². The van der Waals surface area contributed by atoms with Crippen molar-refractivity contribution in [2.75, 3.05) is 0 Å². The van der Waals surface area contributed by atoms with Gasteiger partial charge in [-0.15, -0.1) is 0 Å². The maximum Gasteiger partial charge on any atom is 0.250 e. The first-order valence-corrected chi connectivity index (χ1v) is 7.81. The van der Waals surface area contributed by atoms with Crippen LogP contribution in [0.5, 0.6) is 5.75 Å². The molecule has 1 aromatic heterocycles. The van der Waals surface area contributed by atoms with Gasteiger partial charge in [0, 0.05) is 7.05 Å². The number of hydrogen-bond acceptors (Lipinski definition) is 2. The van der Waals surface area contributed by atoms with E-state index < -0.39 is 8.32 Å². The first-order valence-electron chi connectivity index (χ1n) is 4.90. The summed E-state index contributed by atoms with van der Waals surface area (Å²) in [7, 11) is 0.216. The molecule has 0 fully saturated rings. The summed E-state index contributed by atoms with van der Waals surface area (Å²) < 4.78 is 7.81. The van der Waals surface area contributed by atoms with Crippen LogP contribution in [0.15, 0.2) is 12.4 Å². The zero-order valence-corrected chi connectivity index (χ0v) is 11.0. The Balaban J connectivity index is 2.78. The van der Waals surface area contributed by atoms with Gasteiger partial charge < -0.3 is 4.43 Å². The molecule has 0 saturated heterocycles. The maximum atomic E-state index is 6.04. The maximum absolute atomic E-state index is 6.04. The van der Waals surface area contributed by atoms with E-state index in [9.17, 15) is 0 Å². The van der Waals surface area contributed by atoms with E-state index in [0.29, 0.717) is 0 Å². The molecule has 14 heavy (non-hydrogen) atoms. The molecule has 1 rings (SSSR count). The second-order valence-electron chi connectivity index (χ2n) is 5.21. The molecule has 0 spiro atoms. The van der Waals surface area contributed by atoms with Crippen molar-refractivity contribution in [3.63, 3.8) is 0 Å². The molecule has 80 valence electrons. The van der Waals surface area contributed by atoms with Crippen molar-refractivity contribution in [1.82, 2.24) is 9.78 Å². The number of aromatic nitrogens is 2. The molecule has 0 aliphatic carbocycles. The molecule has 0 saturated carbocycles. The Morgan fingerprint density at radius 1 is 1.36 bits per heavy atom. The molecular weight excluding hydrogens is 192 g/mol. The van der Waals surface area contributed by atoms with Crippen molar-refractivity contribution in [1.29, 1.82) is 0 Å². The van der Waals surface area contributed by atoms with Gasteiger partial charge in [0.25, 0.3) is 8.32 Å². The van der Waals surface area contributed by atoms with Crippen LogP contribution in [0.25, 0.3) is 0 Å². The molecule has 3 nitrogen and oxygen atoms in total. The van der Waals surface area contributed by atoms with E-state index in [1.54, 1.807) is 10.9 Å². The summed E-state index contributed by atoms with van der Waals surface area (Å²) in [5.41, 5.74) is 0. The minimum absolute atomic E-state index is 0.239. The predicted octanol–water partition coefficient (Wildman–Crippen LogP) is 2.80. The normalized spacial score (nSPS) is 13.0. The van der Waals surface area contributed by atoms with Crippen molar-refractivity contribution in [2.24, 2.45) is 7.05 Å². The third-order valence-electron chi connectivity index (χ3n) is 2.86. The topological polar surface area (TPSA) is 27.1 Å². The Kier molecular flexibility index (Phi) is 2.76. The lowest BCUT2D eigenvalue weighted by molar-refractivity contribution is 0.491. The number of aryl methyl sites for hydroxylation is 1. The lowest BCUT2D eigenvalue weighted by atomic mass is 10.2. The van der Waals surface area contributed by atoms with Crippen molar-refractivity contribution in [2.45, 2.75) is 38.9 Å². The molecule has 0 unspecified atom stereocenters. The smallest absolute Gasteiger partial charge is 0.250 e. The van der Waals surface area contributed by atoms with E-state index in [0.717, 1.165) is 5.75 Å². The van der Waals surface area contributed by atoms with Gasteiger partial charge in [-0.05, 0) is 18.1 Å². The molecule has 1 heterocycles. The quantitative estimate of drug-likeness (QED) is 0.705. The zero-order chi connectivity index (χ0) is 11.0. The zero-order valence-electron chi connectivity index (χ0n) is 9.96.